The van der Waals surface area contributed by atoms with Crippen molar-refractivity contribution in [1.29, 1.82) is 0 Å². The third kappa shape index (κ3) is 4.85. The van der Waals surface area contributed by atoms with Crippen molar-refractivity contribution in [2.75, 3.05) is 38.2 Å². The summed E-state index contributed by atoms with van der Waals surface area (Å²) >= 11 is 0.256. The van der Waals surface area contributed by atoms with E-state index in [2.05, 4.69) is 74.2 Å². The first-order chi connectivity index (χ1) is 12.9. The van der Waals surface area contributed by atoms with Crippen LogP contribution in [0.1, 0.15) is 26.3 Å². The molecule has 3 rings (SSSR count). The first-order valence-corrected chi connectivity index (χ1v) is 11.0. The van der Waals surface area contributed by atoms with E-state index in [0.717, 1.165) is 13.1 Å². The number of anilines is 1. The van der Waals surface area contributed by atoms with E-state index in [9.17, 15) is 4.79 Å². The van der Waals surface area contributed by atoms with Crippen LogP contribution in [0.25, 0.3) is 0 Å². The minimum absolute atomic E-state index is 0.183. The van der Waals surface area contributed by atoms with Gasteiger partial charge in [-0.3, -0.25) is 0 Å². The van der Waals surface area contributed by atoms with Crippen molar-refractivity contribution in [1.82, 2.24) is 4.90 Å². The molecule has 0 spiro atoms. The van der Waals surface area contributed by atoms with Crippen LogP contribution in [0, 0.1) is 0 Å². The average Bonchev–Trinajstić information content (AvgIpc) is 2.68. The summed E-state index contributed by atoms with van der Waals surface area (Å²) < 4.78 is 7.61. The summed E-state index contributed by atoms with van der Waals surface area (Å²) in [6, 6.07) is 17.7. The average molecular weight is 431 g/mol. The number of hydrogen-bond donors (Lipinski definition) is 0. The Hall–Kier alpha value is -1.97. The van der Waals surface area contributed by atoms with Crippen LogP contribution in [0.3, 0.4) is 0 Å². The van der Waals surface area contributed by atoms with Crippen LogP contribution in [0.5, 0.6) is 0 Å². The van der Waals surface area contributed by atoms with Crippen LogP contribution in [-0.2, 0) is 10.2 Å². The third-order valence-electron chi connectivity index (χ3n) is 4.87. The van der Waals surface area contributed by atoms with E-state index in [1.165, 1.54) is 27.3 Å². The van der Waals surface area contributed by atoms with Crippen molar-refractivity contribution < 1.29 is 9.53 Å². The molecule has 2 aromatic rings. The number of nitrogens with zero attached hydrogens (tertiary/aromatic N) is 2. The van der Waals surface area contributed by atoms with E-state index in [1.807, 2.05) is 0 Å². The number of carbonyl (C=O) groups excluding carboxylic acids is 1. The number of amides is 1. The van der Waals surface area contributed by atoms with Gasteiger partial charge < -0.3 is 0 Å². The monoisotopic (exact) mass is 432 g/mol. The van der Waals surface area contributed by atoms with Crippen LogP contribution < -0.4 is 13.8 Å². The van der Waals surface area contributed by atoms with Crippen molar-refractivity contribution in [3.8, 4) is 0 Å². The summed E-state index contributed by atoms with van der Waals surface area (Å²) in [4.78, 5) is 15.9. The quantitative estimate of drug-likeness (QED) is 0.701. The molecule has 144 valence electrons. The molecule has 0 bridgehead atoms. The summed E-state index contributed by atoms with van der Waals surface area (Å²) in [5.41, 5.74) is 2.85. The Labute approximate surface area is 168 Å². The van der Waals surface area contributed by atoms with Gasteiger partial charge in [0.15, 0.2) is 0 Å². The maximum absolute atomic E-state index is 11.7. The molecule has 5 heteroatoms. The van der Waals surface area contributed by atoms with Gasteiger partial charge in [-0.1, -0.05) is 0 Å². The Morgan fingerprint density at radius 2 is 1.59 bits per heavy atom. The van der Waals surface area contributed by atoms with Crippen molar-refractivity contribution in [2.45, 2.75) is 26.2 Å². The fourth-order valence-electron chi connectivity index (χ4n) is 3.21. The van der Waals surface area contributed by atoms with Gasteiger partial charge in [-0.05, 0) is 0 Å². The zero-order chi connectivity index (χ0) is 19.4. The molecule has 0 radical (unpaired) electrons. The maximum atomic E-state index is 11.7. The molecule has 0 saturated carbocycles. The number of piperazine rings is 1. The summed E-state index contributed by atoms with van der Waals surface area (Å²) in [6.45, 7) is 9.82. The second kappa shape index (κ2) is 8.37. The van der Waals surface area contributed by atoms with Gasteiger partial charge in [-0.2, -0.15) is 0 Å². The Balaban J connectivity index is 1.72. The zero-order valence-corrected chi connectivity index (χ0v) is 18.3. The van der Waals surface area contributed by atoms with E-state index < -0.39 is 0 Å². The molecular weight excluding hydrogens is 403 g/mol. The fraction of sp³-hybridized carbons (Fsp3) is 0.409. The van der Waals surface area contributed by atoms with Gasteiger partial charge in [-0.15, -0.1) is 0 Å². The minimum atomic E-state index is -0.230. The Morgan fingerprint density at radius 3 is 2.19 bits per heavy atom. The van der Waals surface area contributed by atoms with Gasteiger partial charge in [0.05, 0.1) is 0 Å². The Bertz CT molecular complexity index is 776. The van der Waals surface area contributed by atoms with Crippen molar-refractivity contribution >= 4 is 35.7 Å². The first kappa shape index (κ1) is 19.8. The molecule has 1 fully saturated rings. The summed E-state index contributed by atoms with van der Waals surface area (Å²) in [7, 11) is 1.44. The van der Waals surface area contributed by atoms with Gasteiger partial charge in [0.1, 0.15) is 0 Å². The molecule has 0 aromatic heterocycles. The SMILES string of the molecule is COC(=O)N1CCN(c2ccccc2[Se]c2ccc(C(C)(C)C)cc2)CC1. The van der Waals surface area contributed by atoms with Gasteiger partial charge in [0.2, 0.25) is 0 Å². The molecule has 0 atom stereocenters. The number of methoxy groups -OCH3 is 1. The summed E-state index contributed by atoms with van der Waals surface area (Å²) in [5.74, 6) is 0. The number of benzene rings is 2. The van der Waals surface area contributed by atoms with Crippen LogP contribution in [0.4, 0.5) is 10.5 Å². The van der Waals surface area contributed by atoms with Gasteiger partial charge in [-0.25, -0.2) is 0 Å². The predicted octanol–water partition coefficient (Wildman–Crippen LogP) is 2.53. The van der Waals surface area contributed by atoms with E-state index in [1.54, 1.807) is 4.90 Å². The number of para-hydroxylation sites is 1. The molecule has 2 aromatic carbocycles. The molecule has 1 amide bonds. The predicted molar refractivity (Wildman–Crippen MR) is 113 cm³/mol. The summed E-state index contributed by atoms with van der Waals surface area (Å²) in [5, 5.41) is 0. The van der Waals surface area contributed by atoms with Crippen molar-refractivity contribution in [3.63, 3.8) is 0 Å². The van der Waals surface area contributed by atoms with E-state index >= 15 is 0 Å². The Kier molecular flexibility index (Phi) is 6.13. The molecule has 0 N–H and O–H groups in total. The van der Waals surface area contributed by atoms with E-state index in [0.29, 0.717) is 13.1 Å². The molecule has 4 nitrogen and oxygen atoms in total. The number of hydrogen-bond acceptors (Lipinski definition) is 3. The molecule has 0 aliphatic carbocycles. The zero-order valence-electron chi connectivity index (χ0n) is 16.6. The van der Waals surface area contributed by atoms with Crippen molar-refractivity contribution in [3.05, 3.63) is 54.1 Å². The van der Waals surface area contributed by atoms with Crippen LogP contribution >= 0.6 is 0 Å². The van der Waals surface area contributed by atoms with Crippen LogP contribution in [0.2, 0.25) is 0 Å². The standard InChI is InChI=1S/C22H28N2O2Se/c1-22(2,3)17-9-11-18(12-10-17)27-20-8-6-5-7-19(20)23-13-15-24(16-14-23)21(25)26-4/h5-12H,13-16H2,1-4H3. The third-order valence-corrected chi connectivity index (χ3v) is 7.12. The van der Waals surface area contributed by atoms with Crippen LogP contribution in [0.15, 0.2) is 48.5 Å². The van der Waals surface area contributed by atoms with Crippen molar-refractivity contribution in [2.24, 2.45) is 0 Å². The van der Waals surface area contributed by atoms with Gasteiger partial charge >= 0.3 is 169 Å². The number of rotatable bonds is 3. The second-order valence-corrected chi connectivity index (χ2v) is 10.1. The molecule has 1 heterocycles. The van der Waals surface area contributed by atoms with Gasteiger partial charge in [0, 0.05) is 0 Å². The fourth-order valence-corrected chi connectivity index (χ4v) is 5.26. The molecule has 0 unspecified atom stereocenters. The van der Waals surface area contributed by atoms with Crippen LogP contribution in [-0.4, -0.2) is 59.2 Å². The molecular formula is C22H28N2O2Se. The summed E-state index contributed by atoms with van der Waals surface area (Å²) in [6.07, 6.45) is -0.230. The molecule has 1 saturated heterocycles. The number of carbonyl (C=O) groups is 1. The topological polar surface area (TPSA) is 32.8 Å². The number of ether oxygens (including phenoxy) is 1. The normalized spacial score (nSPS) is 15.0. The van der Waals surface area contributed by atoms with E-state index in [-0.39, 0.29) is 26.5 Å². The van der Waals surface area contributed by atoms with E-state index in [4.69, 9.17) is 4.74 Å². The first-order valence-electron chi connectivity index (χ1n) is 9.34. The molecule has 1 aliphatic heterocycles. The Morgan fingerprint density at radius 1 is 0.963 bits per heavy atom. The molecule has 1 aliphatic rings. The molecule has 27 heavy (non-hydrogen) atoms. The van der Waals surface area contributed by atoms with Gasteiger partial charge in [0.25, 0.3) is 0 Å². The second-order valence-electron chi connectivity index (χ2n) is 7.79.